The van der Waals surface area contributed by atoms with Crippen molar-refractivity contribution in [2.75, 3.05) is 31.6 Å². The SMILES string of the molecule is COc1ccccc1N1CCN(CC(=O)NC2CCCCC2)C1=O. The number of hydrogen-bond acceptors (Lipinski definition) is 3. The number of carbonyl (C=O) groups excluding carboxylic acids is 2. The number of nitrogens with one attached hydrogen (secondary N) is 1. The van der Waals surface area contributed by atoms with Gasteiger partial charge in [-0.3, -0.25) is 9.69 Å². The van der Waals surface area contributed by atoms with E-state index in [1.165, 1.54) is 19.3 Å². The van der Waals surface area contributed by atoms with Crippen molar-refractivity contribution in [3.8, 4) is 5.75 Å². The highest BCUT2D eigenvalue weighted by Gasteiger charge is 2.32. The van der Waals surface area contributed by atoms with E-state index in [0.717, 1.165) is 18.5 Å². The summed E-state index contributed by atoms with van der Waals surface area (Å²) in [4.78, 5) is 28.1. The van der Waals surface area contributed by atoms with Gasteiger partial charge in [0.2, 0.25) is 5.91 Å². The molecule has 24 heavy (non-hydrogen) atoms. The van der Waals surface area contributed by atoms with Crippen LogP contribution in [0.15, 0.2) is 24.3 Å². The lowest BCUT2D eigenvalue weighted by Gasteiger charge is -2.24. The van der Waals surface area contributed by atoms with Gasteiger partial charge in [0, 0.05) is 19.1 Å². The number of urea groups is 1. The number of para-hydroxylation sites is 2. The number of hydrogen-bond donors (Lipinski definition) is 1. The summed E-state index contributed by atoms with van der Waals surface area (Å²) in [6.07, 6.45) is 5.70. The minimum absolute atomic E-state index is 0.0582. The van der Waals surface area contributed by atoms with Gasteiger partial charge in [0.25, 0.3) is 0 Å². The molecule has 0 aromatic heterocycles. The highest BCUT2D eigenvalue weighted by Crippen LogP contribution is 2.30. The maximum Gasteiger partial charge on any atom is 0.325 e. The Labute approximate surface area is 142 Å². The van der Waals surface area contributed by atoms with E-state index in [-0.39, 0.29) is 24.5 Å². The molecule has 1 aliphatic heterocycles. The first-order chi connectivity index (χ1) is 11.7. The molecule has 1 heterocycles. The molecule has 2 aliphatic rings. The van der Waals surface area contributed by atoms with Crippen LogP contribution in [0.4, 0.5) is 10.5 Å². The van der Waals surface area contributed by atoms with Gasteiger partial charge in [-0.05, 0) is 25.0 Å². The second-order valence-electron chi connectivity index (χ2n) is 6.43. The largest absolute Gasteiger partial charge is 0.495 e. The predicted octanol–water partition coefficient (Wildman–Crippen LogP) is 2.39. The summed E-state index contributed by atoms with van der Waals surface area (Å²) in [6, 6.07) is 7.58. The molecule has 0 atom stereocenters. The maximum absolute atomic E-state index is 12.6. The van der Waals surface area contributed by atoms with Crippen LogP contribution in [0, 0.1) is 0 Å². The molecule has 1 aromatic carbocycles. The van der Waals surface area contributed by atoms with Crippen LogP contribution in [0.1, 0.15) is 32.1 Å². The summed E-state index contributed by atoms with van der Waals surface area (Å²) in [5, 5.41) is 3.07. The fourth-order valence-corrected chi connectivity index (χ4v) is 3.50. The van der Waals surface area contributed by atoms with E-state index in [0.29, 0.717) is 18.8 Å². The minimum Gasteiger partial charge on any atom is -0.495 e. The molecule has 3 amide bonds. The van der Waals surface area contributed by atoms with Crippen molar-refractivity contribution in [1.29, 1.82) is 0 Å². The van der Waals surface area contributed by atoms with Crippen LogP contribution in [-0.4, -0.2) is 49.6 Å². The number of ether oxygens (including phenoxy) is 1. The standard InChI is InChI=1S/C18H25N3O3/c1-24-16-10-6-5-9-15(16)21-12-11-20(18(21)23)13-17(22)19-14-7-3-2-4-8-14/h5-6,9-10,14H,2-4,7-8,11-13H2,1H3,(H,19,22). The molecule has 0 spiro atoms. The smallest absolute Gasteiger partial charge is 0.325 e. The Bertz CT molecular complexity index is 599. The predicted molar refractivity (Wildman–Crippen MR) is 92.3 cm³/mol. The Morgan fingerprint density at radius 2 is 1.96 bits per heavy atom. The summed E-state index contributed by atoms with van der Waals surface area (Å²) in [5.74, 6) is 0.608. The zero-order chi connectivity index (χ0) is 16.9. The van der Waals surface area contributed by atoms with Crippen molar-refractivity contribution < 1.29 is 14.3 Å². The average Bonchev–Trinajstić information content (AvgIpc) is 2.96. The van der Waals surface area contributed by atoms with Crippen molar-refractivity contribution in [1.82, 2.24) is 10.2 Å². The van der Waals surface area contributed by atoms with Gasteiger partial charge in [-0.1, -0.05) is 31.4 Å². The molecule has 0 radical (unpaired) electrons. The van der Waals surface area contributed by atoms with E-state index in [4.69, 9.17) is 4.74 Å². The van der Waals surface area contributed by atoms with Crippen LogP contribution in [0.25, 0.3) is 0 Å². The van der Waals surface area contributed by atoms with E-state index in [9.17, 15) is 9.59 Å². The van der Waals surface area contributed by atoms with Gasteiger partial charge in [0.05, 0.1) is 12.8 Å². The monoisotopic (exact) mass is 331 g/mol. The van der Waals surface area contributed by atoms with Gasteiger partial charge in [-0.15, -0.1) is 0 Å². The first-order valence-corrected chi connectivity index (χ1v) is 8.68. The van der Waals surface area contributed by atoms with Gasteiger partial charge in [0.15, 0.2) is 0 Å². The molecule has 1 N–H and O–H groups in total. The quantitative estimate of drug-likeness (QED) is 0.901. The first kappa shape index (κ1) is 16.6. The molecule has 2 fully saturated rings. The Kier molecular flexibility index (Phi) is 5.23. The maximum atomic E-state index is 12.6. The zero-order valence-electron chi connectivity index (χ0n) is 14.2. The highest BCUT2D eigenvalue weighted by molar-refractivity contribution is 5.97. The van der Waals surface area contributed by atoms with E-state index in [1.54, 1.807) is 16.9 Å². The van der Waals surface area contributed by atoms with Crippen molar-refractivity contribution in [3.63, 3.8) is 0 Å². The van der Waals surface area contributed by atoms with Crippen LogP contribution >= 0.6 is 0 Å². The third kappa shape index (κ3) is 3.63. The van der Waals surface area contributed by atoms with E-state index < -0.39 is 0 Å². The van der Waals surface area contributed by atoms with E-state index in [1.807, 2.05) is 24.3 Å². The molecule has 1 aromatic rings. The summed E-state index contributed by atoms with van der Waals surface area (Å²) < 4.78 is 5.33. The first-order valence-electron chi connectivity index (χ1n) is 8.68. The minimum atomic E-state index is -0.140. The van der Waals surface area contributed by atoms with Crippen LogP contribution in [0.2, 0.25) is 0 Å². The second kappa shape index (κ2) is 7.55. The van der Waals surface area contributed by atoms with Gasteiger partial charge in [-0.2, -0.15) is 0 Å². The van der Waals surface area contributed by atoms with Crippen molar-refractivity contribution in [2.24, 2.45) is 0 Å². The Morgan fingerprint density at radius 3 is 2.71 bits per heavy atom. The van der Waals surface area contributed by atoms with Gasteiger partial charge in [-0.25, -0.2) is 4.79 Å². The fraction of sp³-hybridized carbons (Fsp3) is 0.556. The lowest BCUT2D eigenvalue weighted by Crippen LogP contribution is -2.44. The van der Waals surface area contributed by atoms with Crippen LogP contribution < -0.4 is 15.0 Å². The lowest BCUT2D eigenvalue weighted by molar-refractivity contribution is -0.122. The molecule has 1 saturated heterocycles. The van der Waals surface area contributed by atoms with Crippen LogP contribution in [0.5, 0.6) is 5.75 Å². The summed E-state index contributed by atoms with van der Waals surface area (Å²) >= 11 is 0. The third-order valence-corrected chi connectivity index (χ3v) is 4.78. The Morgan fingerprint density at radius 1 is 1.21 bits per heavy atom. The van der Waals surface area contributed by atoms with Gasteiger partial charge < -0.3 is 15.0 Å². The van der Waals surface area contributed by atoms with Crippen LogP contribution in [-0.2, 0) is 4.79 Å². The number of methoxy groups -OCH3 is 1. The molecular formula is C18H25N3O3. The fourth-order valence-electron chi connectivity index (χ4n) is 3.50. The zero-order valence-corrected chi connectivity index (χ0v) is 14.2. The molecule has 130 valence electrons. The highest BCUT2D eigenvalue weighted by atomic mass is 16.5. The number of anilines is 1. The van der Waals surface area contributed by atoms with Crippen molar-refractivity contribution >= 4 is 17.6 Å². The molecule has 6 nitrogen and oxygen atoms in total. The summed E-state index contributed by atoms with van der Waals surface area (Å²) in [5.41, 5.74) is 0.750. The molecule has 0 unspecified atom stereocenters. The average molecular weight is 331 g/mol. The molecule has 0 bridgehead atoms. The molecule has 1 aliphatic carbocycles. The van der Waals surface area contributed by atoms with E-state index in [2.05, 4.69) is 5.32 Å². The second-order valence-corrected chi connectivity index (χ2v) is 6.43. The summed E-state index contributed by atoms with van der Waals surface area (Å²) in [7, 11) is 1.59. The molecule has 3 rings (SSSR count). The molecular weight excluding hydrogens is 306 g/mol. The van der Waals surface area contributed by atoms with Crippen molar-refractivity contribution in [3.05, 3.63) is 24.3 Å². The van der Waals surface area contributed by atoms with Crippen molar-refractivity contribution in [2.45, 2.75) is 38.1 Å². The normalized spacial score (nSPS) is 18.8. The van der Waals surface area contributed by atoms with Gasteiger partial charge in [0.1, 0.15) is 12.3 Å². The molecule has 6 heteroatoms. The number of amides is 3. The Hall–Kier alpha value is -2.24. The summed E-state index contributed by atoms with van der Waals surface area (Å²) in [6.45, 7) is 1.24. The number of nitrogens with zero attached hydrogens (tertiary/aromatic N) is 2. The third-order valence-electron chi connectivity index (χ3n) is 4.78. The van der Waals surface area contributed by atoms with Crippen LogP contribution in [0.3, 0.4) is 0 Å². The lowest BCUT2D eigenvalue weighted by atomic mass is 9.95. The molecule has 1 saturated carbocycles. The Balaban J connectivity index is 1.58. The van der Waals surface area contributed by atoms with Gasteiger partial charge >= 0.3 is 6.03 Å². The number of benzene rings is 1. The topological polar surface area (TPSA) is 61.9 Å². The van der Waals surface area contributed by atoms with E-state index >= 15 is 0 Å². The number of carbonyl (C=O) groups is 2. The number of rotatable bonds is 5.